The maximum atomic E-state index is 12.6. The van der Waals surface area contributed by atoms with Crippen molar-refractivity contribution >= 4 is 17.2 Å². The molecule has 1 aliphatic heterocycles. The number of rotatable bonds is 8. The van der Waals surface area contributed by atoms with Gasteiger partial charge in [0.15, 0.2) is 6.61 Å². The Labute approximate surface area is 179 Å². The van der Waals surface area contributed by atoms with Crippen molar-refractivity contribution < 1.29 is 9.53 Å². The van der Waals surface area contributed by atoms with Crippen molar-refractivity contribution in [2.45, 2.75) is 58.4 Å². The molecule has 158 valence electrons. The van der Waals surface area contributed by atoms with Crippen molar-refractivity contribution in [2.75, 3.05) is 26.2 Å². The van der Waals surface area contributed by atoms with Crippen molar-refractivity contribution in [2.24, 2.45) is 0 Å². The van der Waals surface area contributed by atoms with E-state index in [0.29, 0.717) is 12.5 Å². The second kappa shape index (κ2) is 10.8. The smallest absolute Gasteiger partial charge is 0.258 e. The third-order valence-electron chi connectivity index (χ3n) is 5.60. The summed E-state index contributed by atoms with van der Waals surface area (Å²) in [5, 5.41) is 5.24. The Morgan fingerprint density at radius 1 is 1.17 bits per heavy atom. The van der Waals surface area contributed by atoms with Gasteiger partial charge in [-0.2, -0.15) is 0 Å². The molecule has 4 nitrogen and oxygen atoms in total. The number of thiophene rings is 1. The fourth-order valence-corrected chi connectivity index (χ4v) is 4.81. The second-order valence-corrected chi connectivity index (χ2v) is 9.25. The minimum atomic E-state index is -0.0578. The quantitative estimate of drug-likeness (QED) is 0.638. The summed E-state index contributed by atoms with van der Waals surface area (Å²) < 4.78 is 5.91. The number of nitrogens with zero attached hydrogens (tertiary/aromatic N) is 1. The van der Waals surface area contributed by atoms with Crippen LogP contribution in [0.5, 0.6) is 5.75 Å². The van der Waals surface area contributed by atoms with Gasteiger partial charge < -0.3 is 10.1 Å². The Morgan fingerprint density at radius 3 is 2.59 bits per heavy atom. The number of ether oxygens (including phenoxy) is 1. The van der Waals surface area contributed by atoms with Gasteiger partial charge in [0.05, 0.1) is 6.04 Å². The van der Waals surface area contributed by atoms with Crippen LogP contribution in [0.2, 0.25) is 0 Å². The van der Waals surface area contributed by atoms with E-state index >= 15 is 0 Å². The summed E-state index contributed by atoms with van der Waals surface area (Å²) in [7, 11) is 0. The summed E-state index contributed by atoms with van der Waals surface area (Å²) in [6.07, 6.45) is 5.10. The van der Waals surface area contributed by atoms with Crippen molar-refractivity contribution in [3.05, 3.63) is 51.7 Å². The van der Waals surface area contributed by atoms with E-state index in [-0.39, 0.29) is 18.6 Å². The van der Waals surface area contributed by atoms with E-state index in [2.05, 4.69) is 53.7 Å². The van der Waals surface area contributed by atoms with E-state index in [4.69, 9.17) is 4.74 Å². The van der Waals surface area contributed by atoms with E-state index in [1.165, 1.54) is 30.6 Å². The molecule has 0 spiro atoms. The molecule has 0 radical (unpaired) electrons. The highest BCUT2D eigenvalue weighted by molar-refractivity contribution is 7.10. The predicted molar refractivity (Wildman–Crippen MR) is 121 cm³/mol. The molecule has 1 saturated heterocycles. The van der Waals surface area contributed by atoms with Crippen LogP contribution in [0.4, 0.5) is 0 Å². The molecule has 1 aliphatic rings. The predicted octanol–water partition coefficient (Wildman–Crippen LogP) is 5.29. The lowest BCUT2D eigenvalue weighted by molar-refractivity contribution is -0.123. The average Bonchev–Trinajstić information content (AvgIpc) is 3.09. The fourth-order valence-electron chi connectivity index (χ4n) is 3.95. The first-order chi connectivity index (χ1) is 14.0. The monoisotopic (exact) mass is 414 g/mol. The van der Waals surface area contributed by atoms with Gasteiger partial charge in [0, 0.05) is 11.4 Å². The summed E-state index contributed by atoms with van der Waals surface area (Å²) in [5.74, 6) is 1.12. The first kappa shape index (κ1) is 21.8. The lowest BCUT2D eigenvalue weighted by Gasteiger charge is -2.30. The molecule has 1 atom stereocenters. The molecule has 3 rings (SSSR count). The van der Waals surface area contributed by atoms with Gasteiger partial charge in [0.1, 0.15) is 5.75 Å². The van der Waals surface area contributed by atoms with Crippen LogP contribution in [0.3, 0.4) is 0 Å². The molecule has 1 unspecified atom stereocenters. The zero-order chi connectivity index (χ0) is 20.6. The summed E-state index contributed by atoms with van der Waals surface area (Å²) in [5.41, 5.74) is 2.29. The highest BCUT2D eigenvalue weighted by Gasteiger charge is 2.23. The van der Waals surface area contributed by atoms with Crippen LogP contribution in [0.15, 0.2) is 35.7 Å². The summed E-state index contributed by atoms with van der Waals surface area (Å²) in [6.45, 7) is 9.23. The van der Waals surface area contributed by atoms with E-state index < -0.39 is 0 Å². The highest BCUT2D eigenvalue weighted by Crippen LogP contribution is 2.28. The van der Waals surface area contributed by atoms with Gasteiger partial charge >= 0.3 is 0 Å². The maximum Gasteiger partial charge on any atom is 0.258 e. The molecule has 1 aromatic heterocycles. The van der Waals surface area contributed by atoms with Crippen molar-refractivity contribution in [1.82, 2.24) is 10.2 Å². The molecule has 0 bridgehead atoms. The van der Waals surface area contributed by atoms with Crippen molar-refractivity contribution in [3.63, 3.8) is 0 Å². The molecular weight excluding hydrogens is 380 g/mol. The number of aryl methyl sites for hydroxylation is 1. The molecule has 2 aromatic rings. The van der Waals surface area contributed by atoms with E-state index in [9.17, 15) is 4.79 Å². The van der Waals surface area contributed by atoms with Gasteiger partial charge in [0.25, 0.3) is 5.91 Å². The van der Waals surface area contributed by atoms with E-state index in [0.717, 1.165) is 30.0 Å². The van der Waals surface area contributed by atoms with Crippen LogP contribution < -0.4 is 10.1 Å². The fraction of sp³-hybridized carbons (Fsp3) is 0.542. The molecule has 0 saturated carbocycles. The lowest BCUT2D eigenvalue weighted by atomic mass is 10.0. The van der Waals surface area contributed by atoms with Gasteiger partial charge in [-0.25, -0.2) is 0 Å². The van der Waals surface area contributed by atoms with Gasteiger partial charge in [-0.3, -0.25) is 9.69 Å². The van der Waals surface area contributed by atoms with E-state index in [1.54, 1.807) is 11.3 Å². The zero-order valence-corrected chi connectivity index (χ0v) is 18.8. The number of amides is 1. The van der Waals surface area contributed by atoms with Gasteiger partial charge in [-0.15, -0.1) is 11.3 Å². The zero-order valence-electron chi connectivity index (χ0n) is 17.9. The first-order valence-electron chi connectivity index (χ1n) is 10.8. The Balaban J connectivity index is 1.58. The minimum absolute atomic E-state index is 0.0559. The molecule has 0 aliphatic carbocycles. The summed E-state index contributed by atoms with van der Waals surface area (Å²) in [6, 6.07) is 10.7. The standard InChI is InChI=1S/C24H34N2O2S/c1-18(2)20-11-10-19(3)15-22(20)28-17-24(27)25-16-21(23-9-8-14-29-23)26-12-6-4-5-7-13-26/h8-11,14-15,18,21H,4-7,12-13,16-17H2,1-3H3,(H,25,27). The number of hydrogen-bond donors (Lipinski definition) is 1. The van der Waals surface area contributed by atoms with Crippen LogP contribution in [-0.4, -0.2) is 37.0 Å². The Morgan fingerprint density at radius 2 is 1.93 bits per heavy atom. The van der Waals surface area contributed by atoms with Crippen molar-refractivity contribution in [1.29, 1.82) is 0 Å². The Kier molecular flexibility index (Phi) is 8.13. The third-order valence-corrected chi connectivity index (χ3v) is 6.57. The Hall–Kier alpha value is -1.85. The topological polar surface area (TPSA) is 41.6 Å². The van der Waals surface area contributed by atoms with Crippen molar-refractivity contribution in [3.8, 4) is 5.75 Å². The minimum Gasteiger partial charge on any atom is -0.483 e. The number of hydrogen-bond acceptors (Lipinski definition) is 4. The lowest BCUT2D eigenvalue weighted by Crippen LogP contribution is -2.39. The molecule has 1 amide bonds. The second-order valence-electron chi connectivity index (χ2n) is 8.27. The summed E-state index contributed by atoms with van der Waals surface area (Å²) >= 11 is 1.78. The molecule has 1 N–H and O–H groups in total. The van der Waals surface area contributed by atoms with Crippen LogP contribution in [0.1, 0.15) is 67.5 Å². The largest absolute Gasteiger partial charge is 0.483 e. The van der Waals surface area contributed by atoms with Crippen LogP contribution in [0, 0.1) is 6.92 Å². The molecular formula is C24H34N2O2S. The third kappa shape index (κ3) is 6.31. The van der Waals surface area contributed by atoms with Crippen LogP contribution in [-0.2, 0) is 4.79 Å². The average molecular weight is 415 g/mol. The summed E-state index contributed by atoms with van der Waals surface area (Å²) in [4.78, 5) is 16.4. The molecule has 2 heterocycles. The first-order valence-corrected chi connectivity index (χ1v) is 11.7. The SMILES string of the molecule is Cc1ccc(C(C)C)c(OCC(=O)NCC(c2cccs2)N2CCCCCC2)c1. The number of nitrogens with one attached hydrogen (secondary N) is 1. The van der Waals surface area contributed by atoms with Gasteiger partial charge in [-0.05, 0) is 67.4 Å². The molecule has 1 aromatic carbocycles. The highest BCUT2D eigenvalue weighted by atomic mass is 32.1. The van der Waals surface area contributed by atoms with Crippen LogP contribution >= 0.6 is 11.3 Å². The van der Waals surface area contributed by atoms with Gasteiger partial charge in [0.2, 0.25) is 0 Å². The Bertz CT molecular complexity index is 765. The number of carbonyl (C=O) groups excluding carboxylic acids is 1. The molecule has 29 heavy (non-hydrogen) atoms. The van der Waals surface area contributed by atoms with Gasteiger partial charge in [-0.1, -0.05) is 44.9 Å². The number of benzene rings is 1. The molecule has 5 heteroatoms. The van der Waals surface area contributed by atoms with Crippen LogP contribution in [0.25, 0.3) is 0 Å². The number of carbonyl (C=O) groups is 1. The normalized spacial score (nSPS) is 16.4. The maximum absolute atomic E-state index is 12.6. The van der Waals surface area contributed by atoms with E-state index in [1.807, 2.05) is 13.0 Å². The number of likely N-dealkylation sites (tertiary alicyclic amines) is 1. The molecule has 1 fully saturated rings.